The van der Waals surface area contributed by atoms with Crippen molar-refractivity contribution in [3.8, 4) is 0 Å². The summed E-state index contributed by atoms with van der Waals surface area (Å²) in [6.07, 6.45) is 5.87. The normalized spacial score (nSPS) is 28.5. The van der Waals surface area contributed by atoms with Crippen LogP contribution in [0.1, 0.15) is 40.7 Å². The zero-order chi connectivity index (χ0) is 14.4. The predicted octanol–water partition coefficient (Wildman–Crippen LogP) is 2.34. The van der Waals surface area contributed by atoms with E-state index in [2.05, 4.69) is 29.0 Å². The van der Waals surface area contributed by atoms with Crippen molar-refractivity contribution in [2.45, 2.75) is 38.1 Å². The maximum absolute atomic E-state index is 13.1. The fourth-order valence-electron chi connectivity index (χ4n) is 4.53. The van der Waals surface area contributed by atoms with E-state index in [0.717, 1.165) is 37.4 Å². The average Bonchev–Trinajstić information content (AvgIpc) is 3.12. The molecule has 0 aromatic heterocycles. The molecule has 2 saturated heterocycles. The molecule has 2 unspecified atom stereocenters. The minimum atomic E-state index is 0.288. The van der Waals surface area contributed by atoms with Gasteiger partial charge in [-0.25, -0.2) is 0 Å². The minimum Gasteiger partial charge on any atom is -0.334 e. The molecule has 0 bridgehead atoms. The van der Waals surface area contributed by atoms with Gasteiger partial charge in [0.25, 0.3) is 5.91 Å². The lowest BCUT2D eigenvalue weighted by Gasteiger charge is -2.36. The van der Waals surface area contributed by atoms with Crippen molar-refractivity contribution in [2.75, 3.05) is 26.7 Å². The first-order valence-electron chi connectivity index (χ1n) is 8.34. The van der Waals surface area contributed by atoms with E-state index in [1.807, 2.05) is 6.07 Å². The van der Waals surface area contributed by atoms with Crippen LogP contribution in [0.25, 0.3) is 0 Å². The van der Waals surface area contributed by atoms with Gasteiger partial charge in [0.2, 0.25) is 0 Å². The molecule has 21 heavy (non-hydrogen) atoms. The number of benzene rings is 1. The lowest BCUT2D eigenvalue weighted by atomic mass is 9.92. The highest BCUT2D eigenvalue weighted by Gasteiger charge is 2.40. The van der Waals surface area contributed by atoms with Crippen LogP contribution < -0.4 is 0 Å². The number of likely N-dealkylation sites (tertiary alicyclic amines) is 2. The Labute approximate surface area is 126 Å². The number of rotatable bonds is 1. The minimum absolute atomic E-state index is 0.288. The Morgan fingerprint density at radius 1 is 1.19 bits per heavy atom. The summed E-state index contributed by atoms with van der Waals surface area (Å²) in [6.45, 7) is 3.18. The van der Waals surface area contributed by atoms with E-state index in [1.165, 1.54) is 36.9 Å². The van der Waals surface area contributed by atoms with Crippen molar-refractivity contribution in [1.29, 1.82) is 0 Å². The van der Waals surface area contributed by atoms with Gasteiger partial charge in [0, 0.05) is 24.7 Å². The van der Waals surface area contributed by atoms with Gasteiger partial charge in [-0.3, -0.25) is 4.79 Å². The molecule has 1 aromatic rings. The molecular weight excluding hydrogens is 260 g/mol. The van der Waals surface area contributed by atoms with Gasteiger partial charge in [-0.2, -0.15) is 0 Å². The summed E-state index contributed by atoms with van der Waals surface area (Å²) in [5, 5.41) is 0. The molecule has 1 amide bonds. The smallest absolute Gasteiger partial charge is 0.254 e. The Kier molecular flexibility index (Phi) is 3.26. The molecule has 1 aromatic carbocycles. The molecule has 0 radical (unpaired) electrons. The molecule has 0 spiro atoms. The van der Waals surface area contributed by atoms with Crippen LogP contribution in [0.15, 0.2) is 18.2 Å². The number of likely N-dealkylation sites (N-methyl/N-ethyl adjacent to an activating group) is 1. The number of fused-ring (bicyclic) bond motifs is 2. The van der Waals surface area contributed by atoms with Crippen LogP contribution in [0.2, 0.25) is 0 Å². The van der Waals surface area contributed by atoms with Gasteiger partial charge in [0.05, 0.1) is 0 Å². The van der Waals surface area contributed by atoms with E-state index in [1.54, 1.807) is 0 Å². The summed E-state index contributed by atoms with van der Waals surface area (Å²) < 4.78 is 0. The quantitative estimate of drug-likeness (QED) is 0.790. The largest absolute Gasteiger partial charge is 0.334 e. The van der Waals surface area contributed by atoms with Crippen molar-refractivity contribution in [3.63, 3.8) is 0 Å². The topological polar surface area (TPSA) is 23.6 Å². The highest BCUT2D eigenvalue weighted by molar-refractivity contribution is 5.96. The Morgan fingerprint density at radius 3 is 2.95 bits per heavy atom. The molecule has 2 atom stereocenters. The van der Waals surface area contributed by atoms with Crippen molar-refractivity contribution in [1.82, 2.24) is 9.80 Å². The van der Waals surface area contributed by atoms with Crippen LogP contribution in [-0.4, -0.2) is 48.4 Å². The van der Waals surface area contributed by atoms with Crippen molar-refractivity contribution < 1.29 is 4.79 Å². The zero-order valence-electron chi connectivity index (χ0n) is 12.8. The number of hydrogen-bond acceptors (Lipinski definition) is 2. The third-order valence-electron chi connectivity index (χ3n) is 5.70. The lowest BCUT2D eigenvalue weighted by Crippen LogP contribution is -2.48. The summed E-state index contributed by atoms with van der Waals surface area (Å²) in [5.41, 5.74) is 3.71. The molecule has 3 nitrogen and oxygen atoms in total. The van der Waals surface area contributed by atoms with E-state index in [-0.39, 0.29) is 5.91 Å². The second-order valence-corrected chi connectivity index (χ2v) is 6.96. The molecule has 3 aliphatic rings. The van der Waals surface area contributed by atoms with Crippen LogP contribution in [0.5, 0.6) is 0 Å². The van der Waals surface area contributed by atoms with E-state index >= 15 is 0 Å². The number of hydrogen-bond donors (Lipinski definition) is 0. The van der Waals surface area contributed by atoms with Gasteiger partial charge in [-0.05, 0) is 68.8 Å². The lowest BCUT2D eigenvalue weighted by molar-refractivity contribution is 0.0630. The van der Waals surface area contributed by atoms with Crippen LogP contribution in [0.3, 0.4) is 0 Å². The standard InChI is InChI=1S/C18H24N2O/c1-19-10-8-14-9-11-20(17(14)12-19)18(21)16-7-3-5-13-4-2-6-15(13)16/h3,5,7,14,17H,2,4,6,8-12H2,1H3. The Balaban J connectivity index is 1.62. The number of carbonyl (C=O) groups is 1. The second-order valence-electron chi connectivity index (χ2n) is 6.96. The van der Waals surface area contributed by atoms with E-state index in [4.69, 9.17) is 0 Å². The molecular formula is C18H24N2O. The monoisotopic (exact) mass is 284 g/mol. The Bertz CT molecular complexity index is 568. The van der Waals surface area contributed by atoms with Crippen molar-refractivity contribution in [2.24, 2.45) is 5.92 Å². The van der Waals surface area contributed by atoms with Gasteiger partial charge in [-0.1, -0.05) is 12.1 Å². The molecule has 1 aliphatic carbocycles. The van der Waals surface area contributed by atoms with Gasteiger partial charge < -0.3 is 9.80 Å². The summed E-state index contributed by atoms with van der Waals surface area (Å²) in [4.78, 5) is 17.6. The molecule has 0 N–H and O–H groups in total. The van der Waals surface area contributed by atoms with Gasteiger partial charge in [0.15, 0.2) is 0 Å². The Hall–Kier alpha value is -1.35. The van der Waals surface area contributed by atoms with E-state index in [9.17, 15) is 4.79 Å². The van der Waals surface area contributed by atoms with E-state index in [0.29, 0.717) is 6.04 Å². The maximum Gasteiger partial charge on any atom is 0.254 e. The van der Waals surface area contributed by atoms with Crippen molar-refractivity contribution in [3.05, 3.63) is 34.9 Å². The average molecular weight is 284 g/mol. The molecule has 2 aliphatic heterocycles. The molecule has 4 rings (SSSR count). The highest BCUT2D eigenvalue weighted by Crippen LogP contribution is 2.34. The molecule has 2 fully saturated rings. The number of nitrogens with zero attached hydrogens (tertiary/aromatic N) is 2. The number of piperidine rings is 1. The van der Waals surface area contributed by atoms with Crippen LogP contribution in [0, 0.1) is 5.92 Å². The maximum atomic E-state index is 13.1. The SMILES string of the molecule is CN1CCC2CCN(C(=O)c3cccc4c3CCC4)C2C1. The number of amides is 1. The fourth-order valence-corrected chi connectivity index (χ4v) is 4.53. The summed E-state index contributed by atoms with van der Waals surface area (Å²) in [5.74, 6) is 1.01. The summed E-state index contributed by atoms with van der Waals surface area (Å²) in [6, 6.07) is 6.75. The Morgan fingerprint density at radius 2 is 2.05 bits per heavy atom. The van der Waals surface area contributed by atoms with Crippen LogP contribution >= 0.6 is 0 Å². The highest BCUT2D eigenvalue weighted by atomic mass is 16.2. The summed E-state index contributed by atoms with van der Waals surface area (Å²) >= 11 is 0. The number of carbonyl (C=O) groups excluding carboxylic acids is 1. The third kappa shape index (κ3) is 2.18. The fraction of sp³-hybridized carbons (Fsp3) is 0.611. The van der Waals surface area contributed by atoms with Gasteiger partial charge in [-0.15, -0.1) is 0 Å². The third-order valence-corrected chi connectivity index (χ3v) is 5.70. The molecule has 112 valence electrons. The van der Waals surface area contributed by atoms with Crippen LogP contribution in [0.4, 0.5) is 0 Å². The molecule has 2 heterocycles. The van der Waals surface area contributed by atoms with Crippen molar-refractivity contribution >= 4 is 5.91 Å². The summed E-state index contributed by atoms with van der Waals surface area (Å²) in [7, 11) is 2.18. The first-order chi connectivity index (χ1) is 10.2. The van der Waals surface area contributed by atoms with Crippen LogP contribution in [-0.2, 0) is 12.8 Å². The first kappa shape index (κ1) is 13.3. The van der Waals surface area contributed by atoms with Gasteiger partial charge in [0.1, 0.15) is 0 Å². The molecule has 3 heteroatoms. The zero-order valence-corrected chi connectivity index (χ0v) is 12.8. The van der Waals surface area contributed by atoms with Gasteiger partial charge >= 0.3 is 0 Å². The molecule has 0 saturated carbocycles. The second kappa shape index (κ2) is 5.13. The number of aryl methyl sites for hydroxylation is 1. The first-order valence-corrected chi connectivity index (χ1v) is 8.34. The van der Waals surface area contributed by atoms with E-state index < -0.39 is 0 Å². The predicted molar refractivity (Wildman–Crippen MR) is 83.5 cm³/mol.